The molecule has 2 aliphatic rings. The summed E-state index contributed by atoms with van der Waals surface area (Å²) in [4.78, 5) is 28.5. The van der Waals surface area contributed by atoms with E-state index in [0.29, 0.717) is 46.1 Å². The average molecular weight is 471 g/mol. The second-order valence-corrected chi connectivity index (χ2v) is 8.78. The zero-order chi connectivity index (χ0) is 23.1. The Balaban J connectivity index is 1.53. The number of benzene rings is 2. The first-order chi connectivity index (χ1) is 15.9. The van der Waals surface area contributed by atoms with Gasteiger partial charge in [0.15, 0.2) is 11.5 Å². The SMILES string of the molecule is C[C@@H]1CN(CC(=O)Nc2oc3ccc(Cl)cc3c(=O)c2-c2ccc3c(c2)OCO3)C[C@@H](C)O1. The molecule has 0 aliphatic carbocycles. The van der Waals surface area contributed by atoms with Gasteiger partial charge in [-0.25, -0.2) is 0 Å². The molecule has 0 unspecified atom stereocenters. The number of carbonyl (C=O) groups excluding carboxylic acids is 1. The van der Waals surface area contributed by atoms with E-state index in [4.69, 9.17) is 30.2 Å². The van der Waals surface area contributed by atoms with Crippen LogP contribution in [0.15, 0.2) is 45.6 Å². The summed E-state index contributed by atoms with van der Waals surface area (Å²) in [5.74, 6) is 0.905. The van der Waals surface area contributed by atoms with E-state index in [1.807, 2.05) is 18.7 Å². The van der Waals surface area contributed by atoms with Crippen molar-refractivity contribution < 1.29 is 23.4 Å². The highest BCUT2D eigenvalue weighted by atomic mass is 35.5. The van der Waals surface area contributed by atoms with Crippen LogP contribution in [0.5, 0.6) is 11.5 Å². The summed E-state index contributed by atoms with van der Waals surface area (Å²) in [6.45, 7) is 5.51. The predicted molar refractivity (Wildman–Crippen MR) is 124 cm³/mol. The molecule has 0 radical (unpaired) electrons. The molecule has 1 saturated heterocycles. The van der Waals surface area contributed by atoms with Gasteiger partial charge < -0.3 is 18.6 Å². The molecule has 8 nitrogen and oxygen atoms in total. The minimum atomic E-state index is -0.304. The number of hydrogen-bond acceptors (Lipinski definition) is 7. The second kappa shape index (κ2) is 8.70. The molecule has 0 saturated carbocycles. The Morgan fingerprint density at radius 2 is 1.85 bits per heavy atom. The van der Waals surface area contributed by atoms with Gasteiger partial charge in [-0.1, -0.05) is 17.7 Å². The molecule has 9 heteroatoms. The second-order valence-electron chi connectivity index (χ2n) is 8.34. The fourth-order valence-electron chi connectivity index (χ4n) is 4.35. The lowest BCUT2D eigenvalue weighted by molar-refractivity contribution is -0.121. The number of rotatable bonds is 4. The van der Waals surface area contributed by atoms with Crippen molar-refractivity contribution >= 4 is 34.4 Å². The third-order valence-corrected chi connectivity index (χ3v) is 5.86. The number of nitrogens with one attached hydrogen (secondary N) is 1. The van der Waals surface area contributed by atoms with Gasteiger partial charge in [0.05, 0.1) is 29.7 Å². The van der Waals surface area contributed by atoms with E-state index >= 15 is 0 Å². The molecule has 5 rings (SSSR count). The molecule has 172 valence electrons. The first kappa shape index (κ1) is 21.8. The molecule has 1 amide bonds. The van der Waals surface area contributed by atoms with E-state index in [1.165, 1.54) is 0 Å². The number of amides is 1. The molecular formula is C24H23ClN2O6. The van der Waals surface area contributed by atoms with E-state index in [0.717, 1.165) is 0 Å². The van der Waals surface area contributed by atoms with Gasteiger partial charge in [0, 0.05) is 18.1 Å². The number of nitrogens with zero attached hydrogens (tertiary/aromatic N) is 1. The largest absolute Gasteiger partial charge is 0.454 e. The third kappa shape index (κ3) is 4.42. The standard InChI is InChI=1S/C24H23ClN2O6/c1-13-9-27(10-14(2)32-13)11-21(28)26-24-22(15-3-5-19-20(7-15)31-12-30-19)23(29)17-8-16(25)4-6-18(17)33-24/h3-8,13-14H,9-12H2,1-2H3,(H,26,28)/t13-,14-/m1/s1. The molecule has 1 fully saturated rings. The Labute approximate surface area is 195 Å². The summed E-state index contributed by atoms with van der Waals surface area (Å²) >= 11 is 6.12. The number of halogens is 1. The van der Waals surface area contributed by atoms with Gasteiger partial charge in [-0.2, -0.15) is 0 Å². The number of morpholine rings is 1. The quantitative estimate of drug-likeness (QED) is 0.618. The van der Waals surface area contributed by atoms with Gasteiger partial charge in [-0.3, -0.25) is 19.8 Å². The molecule has 0 spiro atoms. The Morgan fingerprint density at radius 3 is 2.64 bits per heavy atom. The normalized spacial score (nSPS) is 20.2. The van der Waals surface area contributed by atoms with Crippen molar-refractivity contribution in [3.05, 3.63) is 51.6 Å². The van der Waals surface area contributed by atoms with Crippen molar-refractivity contribution in [2.45, 2.75) is 26.1 Å². The van der Waals surface area contributed by atoms with E-state index in [1.54, 1.807) is 36.4 Å². The van der Waals surface area contributed by atoms with Crippen LogP contribution in [0.3, 0.4) is 0 Å². The summed E-state index contributed by atoms with van der Waals surface area (Å²) in [5.41, 5.74) is 0.790. The van der Waals surface area contributed by atoms with Crippen LogP contribution in [0.4, 0.5) is 5.88 Å². The minimum absolute atomic E-state index is 0.0362. The Kier molecular flexibility index (Phi) is 5.74. The van der Waals surface area contributed by atoms with Crippen molar-refractivity contribution in [1.29, 1.82) is 0 Å². The number of fused-ring (bicyclic) bond motifs is 2. The minimum Gasteiger partial charge on any atom is -0.454 e. The summed E-state index contributed by atoms with van der Waals surface area (Å²) in [5, 5.41) is 3.55. The summed E-state index contributed by atoms with van der Waals surface area (Å²) in [6, 6.07) is 9.96. The van der Waals surface area contributed by atoms with Crippen LogP contribution < -0.4 is 20.2 Å². The van der Waals surface area contributed by atoms with Gasteiger partial charge in [0.25, 0.3) is 0 Å². The summed E-state index contributed by atoms with van der Waals surface area (Å²) < 4.78 is 22.6. The molecule has 1 N–H and O–H groups in total. The lowest BCUT2D eigenvalue weighted by Crippen LogP contribution is -2.48. The fraction of sp³-hybridized carbons (Fsp3) is 0.333. The van der Waals surface area contributed by atoms with Crippen LogP contribution >= 0.6 is 11.6 Å². The van der Waals surface area contributed by atoms with Gasteiger partial charge >= 0.3 is 0 Å². The van der Waals surface area contributed by atoms with E-state index in [-0.39, 0.29) is 48.3 Å². The molecule has 2 aliphatic heterocycles. The van der Waals surface area contributed by atoms with Crippen molar-refractivity contribution in [1.82, 2.24) is 4.90 Å². The lowest BCUT2D eigenvalue weighted by Gasteiger charge is -2.34. The smallest absolute Gasteiger partial charge is 0.240 e. The first-order valence-corrected chi connectivity index (χ1v) is 11.1. The van der Waals surface area contributed by atoms with Crippen LogP contribution in [-0.2, 0) is 9.53 Å². The van der Waals surface area contributed by atoms with Crippen LogP contribution in [0, 0.1) is 0 Å². The Bertz CT molecular complexity index is 1280. The van der Waals surface area contributed by atoms with Crippen molar-refractivity contribution in [2.24, 2.45) is 0 Å². The van der Waals surface area contributed by atoms with E-state index < -0.39 is 0 Å². The van der Waals surface area contributed by atoms with Crippen molar-refractivity contribution in [3.63, 3.8) is 0 Å². The van der Waals surface area contributed by atoms with Crippen molar-refractivity contribution in [3.8, 4) is 22.6 Å². The summed E-state index contributed by atoms with van der Waals surface area (Å²) in [6.07, 6.45) is 0.0724. The molecule has 1 aromatic heterocycles. The maximum atomic E-state index is 13.5. The van der Waals surface area contributed by atoms with E-state index in [9.17, 15) is 9.59 Å². The monoisotopic (exact) mass is 470 g/mol. The molecule has 33 heavy (non-hydrogen) atoms. The van der Waals surface area contributed by atoms with Gasteiger partial charge in [0.1, 0.15) is 5.58 Å². The van der Waals surface area contributed by atoms with Gasteiger partial charge in [0.2, 0.25) is 24.0 Å². The zero-order valence-electron chi connectivity index (χ0n) is 18.2. The Hall–Kier alpha value is -3.07. The highest BCUT2D eigenvalue weighted by molar-refractivity contribution is 6.31. The van der Waals surface area contributed by atoms with Crippen LogP contribution in [0.1, 0.15) is 13.8 Å². The Morgan fingerprint density at radius 1 is 1.09 bits per heavy atom. The van der Waals surface area contributed by atoms with Crippen LogP contribution in [0.25, 0.3) is 22.1 Å². The molecule has 3 heterocycles. The maximum absolute atomic E-state index is 13.5. The van der Waals surface area contributed by atoms with Gasteiger partial charge in [-0.05, 0) is 49.7 Å². The zero-order valence-corrected chi connectivity index (χ0v) is 19.0. The van der Waals surface area contributed by atoms with Crippen LogP contribution in [-0.4, -0.2) is 49.4 Å². The summed E-state index contributed by atoms with van der Waals surface area (Å²) in [7, 11) is 0. The highest BCUT2D eigenvalue weighted by Gasteiger charge is 2.26. The van der Waals surface area contributed by atoms with Gasteiger partial charge in [-0.15, -0.1) is 0 Å². The highest BCUT2D eigenvalue weighted by Crippen LogP contribution is 2.38. The van der Waals surface area contributed by atoms with Crippen molar-refractivity contribution in [2.75, 3.05) is 31.7 Å². The lowest BCUT2D eigenvalue weighted by atomic mass is 10.0. The first-order valence-electron chi connectivity index (χ1n) is 10.7. The van der Waals surface area contributed by atoms with Crippen LogP contribution in [0.2, 0.25) is 5.02 Å². The number of hydrogen-bond donors (Lipinski definition) is 1. The topological polar surface area (TPSA) is 90.2 Å². The average Bonchev–Trinajstić information content (AvgIpc) is 3.21. The third-order valence-electron chi connectivity index (χ3n) is 5.63. The predicted octanol–water partition coefficient (Wildman–Crippen LogP) is 3.89. The number of carbonyl (C=O) groups is 1. The molecule has 2 aromatic carbocycles. The molecular weight excluding hydrogens is 448 g/mol. The molecule has 2 atom stereocenters. The maximum Gasteiger partial charge on any atom is 0.240 e. The molecule has 0 bridgehead atoms. The fourth-order valence-corrected chi connectivity index (χ4v) is 4.52. The number of anilines is 1. The number of ether oxygens (including phenoxy) is 3. The molecule has 3 aromatic rings. The van der Waals surface area contributed by atoms with E-state index in [2.05, 4.69) is 5.32 Å².